The molecule has 2 aromatic heterocycles. The predicted octanol–water partition coefficient (Wildman–Crippen LogP) is 13.7. The van der Waals surface area contributed by atoms with E-state index < -0.39 is 0 Å². The van der Waals surface area contributed by atoms with Crippen molar-refractivity contribution < 1.29 is 4.42 Å². The van der Waals surface area contributed by atoms with Crippen molar-refractivity contribution in [2.45, 2.75) is 18.9 Å². The quantitative estimate of drug-likeness (QED) is 0.183. The zero-order valence-corrected chi connectivity index (χ0v) is 28.5. The molecule has 9 aromatic rings. The lowest BCUT2D eigenvalue weighted by Crippen LogP contribution is -2.42. The maximum absolute atomic E-state index is 6.12. The fraction of sp³-hybridized carbons (Fsp3) is 0.0638. The second kappa shape index (κ2) is 11.3. The third-order valence-electron chi connectivity index (χ3n) is 10.4. The van der Waals surface area contributed by atoms with Crippen LogP contribution in [0.5, 0.6) is 0 Å². The van der Waals surface area contributed by atoms with Crippen molar-refractivity contribution in [3.8, 4) is 11.1 Å². The molecule has 1 aliphatic carbocycles. The maximum atomic E-state index is 6.12. The van der Waals surface area contributed by atoms with Crippen molar-refractivity contribution >= 4 is 81.2 Å². The number of thiophene rings is 1. The summed E-state index contributed by atoms with van der Waals surface area (Å²) in [6.07, 6.45) is 7.95. The van der Waals surface area contributed by atoms with Crippen LogP contribution in [0.15, 0.2) is 174 Å². The van der Waals surface area contributed by atoms with Crippen molar-refractivity contribution in [2.24, 2.45) is 0 Å². The lowest BCUT2D eigenvalue weighted by atomic mass is 9.85. The van der Waals surface area contributed by atoms with Gasteiger partial charge in [-0.3, -0.25) is 0 Å². The lowest BCUT2D eigenvalue weighted by molar-refractivity contribution is 0.571. The van der Waals surface area contributed by atoms with E-state index in [2.05, 4.69) is 170 Å². The van der Waals surface area contributed by atoms with E-state index in [4.69, 9.17) is 4.42 Å². The molecule has 7 aromatic carbocycles. The van der Waals surface area contributed by atoms with Crippen molar-refractivity contribution in [1.29, 1.82) is 0 Å². The number of para-hydroxylation sites is 1. The van der Waals surface area contributed by atoms with Gasteiger partial charge in [-0.1, -0.05) is 121 Å². The van der Waals surface area contributed by atoms with Crippen LogP contribution in [0.2, 0.25) is 0 Å². The molecule has 1 atom stereocenters. The van der Waals surface area contributed by atoms with Gasteiger partial charge in [-0.2, -0.15) is 0 Å². The number of benzene rings is 7. The molecule has 1 aliphatic rings. The van der Waals surface area contributed by atoms with Crippen LogP contribution in [-0.4, -0.2) is 5.54 Å². The third-order valence-corrected chi connectivity index (χ3v) is 11.6. The van der Waals surface area contributed by atoms with Crippen LogP contribution in [0, 0.1) is 0 Å². The Bertz CT molecular complexity index is 2820. The molecule has 3 heteroatoms. The normalized spacial score (nSPS) is 16.1. The summed E-state index contributed by atoms with van der Waals surface area (Å²) in [5.41, 5.74) is 8.88. The van der Waals surface area contributed by atoms with Gasteiger partial charge in [-0.15, -0.1) is 11.3 Å². The van der Waals surface area contributed by atoms with E-state index in [-0.39, 0.29) is 5.54 Å². The van der Waals surface area contributed by atoms with Crippen molar-refractivity contribution in [2.75, 3.05) is 4.90 Å². The van der Waals surface area contributed by atoms with E-state index in [0.717, 1.165) is 28.4 Å². The third kappa shape index (κ3) is 4.69. The zero-order chi connectivity index (χ0) is 33.2. The smallest absolute Gasteiger partial charge is 0.135 e. The van der Waals surface area contributed by atoms with Crippen LogP contribution in [0.25, 0.3) is 69.6 Å². The second-order valence-corrected chi connectivity index (χ2v) is 14.6. The summed E-state index contributed by atoms with van der Waals surface area (Å²) in [5, 5.41) is 7.46. The predicted molar refractivity (Wildman–Crippen MR) is 215 cm³/mol. The molecule has 0 radical (unpaired) electrons. The summed E-state index contributed by atoms with van der Waals surface area (Å²) >= 11 is 1.88. The molecule has 0 amide bonds. The van der Waals surface area contributed by atoms with Gasteiger partial charge < -0.3 is 9.32 Å². The van der Waals surface area contributed by atoms with Crippen LogP contribution >= 0.6 is 11.3 Å². The first-order chi connectivity index (χ1) is 24.6. The standard InChI is InChI=1S/C47H33NOS/c1-47(27-25-32(26-28-47)35-20-24-44-42(30-35)39-11-4-6-15-43(39)49-44)48(37-23-17-31-9-2-3-10-34(31)29-37)36-21-18-33(19-22-36)38-13-8-14-41-40-12-5-7-16-45(40)50-46(38)41/h2-27,29-30H,28H2,1H3. The molecule has 50 heavy (non-hydrogen) atoms. The molecule has 2 nitrogen and oxygen atoms in total. The van der Waals surface area contributed by atoms with Gasteiger partial charge in [0.05, 0.1) is 5.54 Å². The first-order valence-corrected chi connectivity index (χ1v) is 18.0. The Hall–Kier alpha value is -5.90. The Morgan fingerprint density at radius 1 is 0.580 bits per heavy atom. The SMILES string of the molecule is CC1(N(c2ccc(-c3cccc4c3sc3ccccc34)cc2)c2ccc3ccccc3c2)C=CC(c2ccc3oc4ccccc4c3c2)=CC1. The summed E-state index contributed by atoms with van der Waals surface area (Å²) in [7, 11) is 0. The molecule has 0 bridgehead atoms. The highest BCUT2D eigenvalue weighted by molar-refractivity contribution is 7.26. The first kappa shape index (κ1) is 29.1. The van der Waals surface area contributed by atoms with Gasteiger partial charge in [0.1, 0.15) is 11.2 Å². The van der Waals surface area contributed by atoms with Gasteiger partial charge in [0, 0.05) is 42.3 Å². The Morgan fingerprint density at radius 3 is 2.16 bits per heavy atom. The minimum absolute atomic E-state index is 0.286. The van der Waals surface area contributed by atoms with Crippen molar-refractivity contribution in [3.63, 3.8) is 0 Å². The Labute approximate surface area is 294 Å². The van der Waals surface area contributed by atoms with E-state index >= 15 is 0 Å². The molecular formula is C47H33NOS. The van der Waals surface area contributed by atoms with Gasteiger partial charge in [0.15, 0.2) is 0 Å². The fourth-order valence-electron chi connectivity index (χ4n) is 7.83. The average Bonchev–Trinajstić information content (AvgIpc) is 3.74. The van der Waals surface area contributed by atoms with Crippen LogP contribution in [-0.2, 0) is 0 Å². The number of anilines is 2. The lowest BCUT2D eigenvalue weighted by Gasteiger charge is -2.42. The van der Waals surface area contributed by atoms with E-state index in [1.165, 1.54) is 64.6 Å². The van der Waals surface area contributed by atoms with Crippen molar-refractivity contribution in [1.82, 2.24) is 0 Å². The second-order valence-electron chi connectivity index (χ2n) is 13.6. The summed E-state index contributed by atoms with van der Waals surface area (Å²) in [5.74, 6) is 0. The van der Waals surface area contributed by atoms with Gasteiger partial charge in [-0.25, -0.2) is 0 Å². The number of fused-ring (bicyclic) bond motifs is 7. The largest absolute Gasteiger partial charge is 0.456 e. The van der Waals surface area contributed by atoms with Crippen LogP contribution < -0.4 is 4.90 Å². The van der Waals surface area contributed by atoms with Crippen LogP contribution in [0.4, 0.5) is 11.4 Å². The maximum Gasteiger partial charge on any atom is 0.135 e. The molecule has 10 rings (SSSR count). The molecular weight excluding hydrogens is 627 g/mol. The van der Waals surface area contributed by atoms with Gasteiger partial charge in [0.2, 0.25) is 0 Å². The van der Waals surface area contributed by atoms with Gasteiger partial charge in [-0.05, 0) is 94.9 Å². The zero-order valence-electron chi connectivity index (χ0n) is 27.6. The molecule has 0 saturated heterocycles. The number of furan rings is 1. The van der Waals surface area contributed by atoms with Gasteiger partial charge in [0.25, 0.3) is 0 Å². The highest BCUT2D eigenvalue weighted by Crippen LogP contribution is 2.44. The Balaban J connectivity index is 1.04. The topological polar surface area (TPSA) is 16.4 Å². The average molecular weight is 660 g/mol. The van der Waals surface area contributed by atoms with E-state index in [9.17, 15) is 0 Å². The van der Waals surface area contributed by atoms with E-state index in [1.807, 2.05) is 23.5 Å². The Morgan fingerprint density at radius 2 is 1.30 bits per heavy atom. The number of nitrogens with zero attached hydrogens (tertiary/aromatic N) is 1. The number of hydrogen-bond acceptors (Lipinski definition) is 3. The number of rotatable bonds is 5. The molecule has 0 aliphatic heterocycles. The number of hydrogen-bond donors (Lipinski definition) is 0. The summed E-state index contributed by atoms with van der Waals surface area (Å²) < 4.78 is 8.79. The minimum atomic E-state index is -0.286. The molecule has 0 spiro atoms. The van der Waals surface area contributed by atoms with Crippen LogP contribution in [0.3, 0.4) is 0 Å². The molecule has 0 N–H and O–H groups in total. The summed E-state index contributed by atoms with van der Waals surface area (Å²) in [6, 6.07) is 54.9. The van der Waals surface area contributed by atoms with E-state index in [0.29, 0.717) is 0 Å². The highest BCUT2D eigenvalue weighted by atomic mass is 32.1. The molecule has 2 heterocycles. The minimum Gasteiger partial charge on any atom is -0.456 e. The Kier molecular flexibility index (Phi) is 6.59. The number of allylic oxidation sites excluding steroid dienone is 2. The highest BCUT2D eigenvalue weighted by Gasteiger charge is 2.32. The fourth-order valence-corrected chi connectivity index (χ4v) is 9.07. The molecule has 1 unspecified atom stereocenters. The first-order valence-electron chi connectivity index (χ1n) is 17.2. The van der Waals surface area contributed by atoms with Crippen molar-refractivity contribution in [3.05, 3.63) is 175 Å². The van der Waals surface area contributed by atoms with Crippen LogP contribution in [0.1, 0.15) is 18.9 Å². The van der Waals surface area contributed by atoms with Gasteiger partial charge >= 0.3 is 0 Å². The summed E-state index contributed by atoms with van der Waals surface area (Å²) in [4.78, 5) is 2.51. The molecule has 238 valence electrons. The van der Waals surface area contributed by atoms with E-state index in [1.54, 1.807) is 0 Å². The molecule has 0 saturated carbocycles. The summed E-state index contributed by atoms with van der Waals surface area (Å²) in [6.45, 7) is 2.35. The monoisotopic (exact) mass is 659 g/mol. The molecule has 0 fully saturated rings.